The minimum atomic E-state index is -1.26. The van der Waals surface area contributed by atoms with Crippen LogP contribution in [0.15, 0.2) is 11.6 Å². The first-order chi connectivity index (χ1) is 18.8. The Kier molecular flexibility index (Phi) is 12.4. The minimum Gasteiger partial charge on any atom is -0.550 e. The molecule has 0 heterocycles. The number of carboxylic acid groups (broad SMARTS) is 2. The topological polar surface area (TPSA) is 124 Å². The van der Waals surface area contributed by atoms with Crippen molar-refractivity contribution in [3.05, 3.63) is 11.6 Å². The van der Waals surface area contributed by atoms with Gasteiger partial charge in [-0.3, -0.25) is 9.59 Å². The zero-order chi connectivity index (χ0) is 30.4. The fourth-order valence-electron chi connectivity index (χ4n) is 11.0. The van der Waals surface area contributed by atoms with E-state index in [1.54, 1.807) is 0 Å². The van der Waals surface area contributed by atoms with Crippen LogP contribution in [0, 0.1) is 50.2 Å². The van der Waals surface area contributed by atoms with Crippen LogP contribution in [0.1, 0.15) is 119 Å². The number of allylic oxidation sites excluding steroid dienone is 2. The average Bonchev–Trinajstić information content (AvgIpc) is 2.86. The number of hydrogen-bond donors (Lipinski definition) is 0. The zero-order valence-corrected chi connectivity index (χ0v) is 35.7. The smallest absolute Gasteiger partial charge is 0.550 e. The van der Waals surface area contributed by atoms with Crippen molar-refractivity contribution < 1.29 is 113 Å². The summed E-state index contributed by atoms with van der Waals surface area (Å²) < 4.78 is 5.87. The van der Waals surface area contributed by atoms with Crippen LogP contribution in [0.4, 0.5) is 0 Å². The van der Waals surface area contributed by atoms with Crippen LogP contribution in [0.5, 0.6) is 0 Å². The Bertz CT molecular complexity index is 1220. The van der Waals surface area contributed by atoms with Crippen LogP contribution >= 0.6 is 0 Å². The molecular formula is C34H48Na2O7Zn. The summed E-state index contributed by atoms with van der Waals surface area (Å²) in [5, 5.41) is 23.1. The second-order valence-corrected chi connectivity index (χ2v) is 16.3. The SMILES string of the molecule is CC1(C)[C@@H](OC(=O)CCC(=O)[O-])CC[C@]2(C)[C@H]3C(=O)C=C4[C@@H]5C[C@@](C)(C(=O)[O-])CC[C@]5(C)CC[C@@]4(C)[C@]3(C)CC[C@@H]12.[Na+].[Na+].[Zn]. The molecule has 5 rings (SSSR count). The van der Waals surface area contributed by atoms with Crippen molar-refractivity contribution in [2.45, 2.75) is 125 Å². The number of fused-ring (bicyclic) bond motifs is 7. The van der Waals surface area contributed by atoms with E-state index >= 15 is 0 Å². The predicted molar refractivity (Wildman–Crippen MR) is 149 cm³/mol. The van der Waals surface area contributed by atoms with Crippen LogP contribution in [-0.4, -0.2) is 29.8 Å². The summed E-state index contributed by atoms with van der Waals surface area (Å²) in [5.41, 5.74) is -0.823. The minimum absolute atomic E-state index is 0. The third-order valence-corrected chi connectivity index (χ3v) is 13.8. The first-order valence-electron chi connectivity index (χ1n) is 15.7. The Morgan fingerprint density at radius 2 is 1.48 bits per heavy atom. The van der Waals surface area contributed by atoms with Crippen molar-refractivity contribution in [2.75, 3.05) is 0 Å². The molecule has 0 aliphatic heterocycles. The van der Waals surface area contributed by atoms with Gasteiger partial charge in [0.25, 0.3) is 0 Å². The van der Waals surface area contributed by atoms with Crippen LogP contribution in [0.2, 0.25) is 0 Å². The Balaban J connectivity index is 0.00000225. The van der Waals surface area contributed by atoms with Gasteiger partial charge in [0, 0.05) is 48.2 Å². The second-order valence-electron chi connectivity index (χ2n) is 16.3. The molecule has 0 saturated heterocycles. The molecule has 0 aromatic heterocycles. The summed E-state index contributed by atoms with van der Waals surface area (Å²) in [6, 6.07) is 0. The normalized spacial score (nSPS) is 43.4. The molecule has 44 heavy (non-hydrogen) atoms. The van der Waals surface area contributed by atoms with E-state index in [1.807, 2.05) is 13.0 Å². The molecule has 0 aromatic rings. The van der Waals surface area contributed by atoms with Crippen molar-refractivity contribution in [2.24, 2.45) is 50.2 Å². The quantitative estimate of drug-likeness (QED) is 0.247. The largest absolute Gasteiger partial charge is 1.00 e. The molecule has 0 radical (unpaired) electrons. The van der Waals surface area contributed by atoms with Crippen LogP contribution in [0.25, 0.3) is 0 Å². The molecule has 230 valence electrons. The number of carbonyl (C=O) groups excluding carboxylic acids is 4. The molecule has 9 atom stereocenters. The second kappa shape index (κ2) is 13.4. The van der Waals surface area contributed by atoms with E-state index in [0.29, 0.717) is 19.3 Å². The third-order valence-electron chi connectivity index (χ3n) is 13.8. The van der Waals surface area contributed by atoms with Gasteiger partial charge in [0.05, 0.1) is 6.42 Å². The van der Waals surface area contributed by atoms with Gasteiger partial charge in [-0.2, -0.15) is 0 Å². The van der Waals surface area contributed by atoms with Crippen molar-refractivity contribution >= 4 is 23.7 Å². The molecule has 0 amide bonds. The molecule has 5 aliphatic carbocycles. The van der Waals surface area contributed by atoms with Gasteiger partial charge < -0.3 is 24.5 Å². The molecule has 7 nitrogen and oxygen atoms in total. The Hall–Kier alpha value is 0.443. The number of hydrogen-bond acceptors (Lipinski definition) is 7. The number of ketones is 1. The van der Waals surface area contributed by atoms with E-state index in [4.69, 9.17) is 4.74 Å². The first-order valence-corrected chi connectivity index (χ1v) is 15.7. The molecular weight excluding hydrogens is 632 g/mol. The molecule has 0 aromatic carbocycles. The van der Waals surface area contributed by atoms with Gasteiger partial charge in [-0.05, 0) is 104 Å². The van der Waals surface area contributed by atoms with E-state index in [0.717, 1.165) is 38.5 Å². The summed E-state index contributed by atoms with van der Waals surface area (Å²) >= 11 is 0. The number of esters is 1. The molecule has 4 fully saturated rings. The van der Waals surface area contributed by atoms with E-state index < -0.39 is 23.3 Å². The summed E-state index contributed by atoms with van der Waals surface area (Å²) in [7, 11) is 0. The fourth-order valence-corrected chi connectivity index (χ4v) is 11.0. The number of carboxylic acids is 2. The molecule has 0 N–H and O–H groups in total. The van der Waals surface area contributed by atoms with Crippen LogP contribution in [0.3, 0.4) is 0 Å². The standard InChI is InChI=1S/C34H50O7.2Na.Zn/c1-29(2)23-10-13-34(7)27(32(23,5)12-11-24(29)41-26(38)9-8-25(36)37)22(35)18-20-21-19-31(4,28(39)40)15-14-30(21,3)16-17-33(20,34)6;;;/h18,21,23-24,27H,8-17,19H2,1-7H3,(H,36,37)(H,39,40);;;/q;2*+1;/p-2/t21-,23-,24-,27+,30+,31-,32-,33+,34+;;;/m0.../s1. The van der Waals surface area contributed by atoms with Gasteiger partial charge in [-0.15, -0.1) is 0 Å². The third kappa shape index (κ3) is 6.09. The Morgan fingerprint density at radius 1 is 0.864 bits per heavy atom. The first kappa shape index (κ1) is 40.6. The van der Waals surface area contributed by atoms with Crippen LogP contribution < -0.4 is 69.3 Å². The maximum Gasteiger partial charge on any atom is 1.00 e. The molecule has 5 aliphatic rings. The average molecular weight is 680 g/mol. The van der Waals surface area contributed by atoms with E-state index in [9.17, 15) is 29.4 Å². The van der Waals surface area contributed by atoms with Gasteiger partial charge in [-0.25, -0.2) is 0 Å². The number of ether oxygens (including phenoxy) is 1. The summed E-state index contributed by atoms with van der Waals surface area (Å²) in [6.07, 6.45) is 8.26. The van der Waals surface area contributed by atoms with Gasteiger partial charge in [0.15, 0.2) is 5.78 Å². The molecule has 0 bridgehead atoms. The maximum atomic E-state index is 14.4. The summed E-state index contributed by atoms with van der Waals surface area (Å²) in [4.78, 5) is 50.0. The maximum absolute atomic E-state index is 14.4. The van der Waals surface area contributed by atoms with Gasteiger partial charge in [0.1, 0.15) is 6.10 Å². The Labute approximate surface area is 320 Å². The number of aliphatic carboxylic acids is 2. The summed E-state index contributed by atoms with van der Waals surface area (Å²) in [6.45, 7) is 15.3. The fraction of sp³-hybridized carbons (Fsp3) is 0.824. The molecule has 0 spiro atoms. The molecule has 0 unspecified atom stereocenters. The molecule has 4 saturated carbocycles. The Morgan fingerprint density at radius 3 is 2.07 bits per heavy atom. The van der Waals surface area contributed by atoms with E-state index in [2.05, 4.69) is 41.5 Å². The van der Waals surface area contributed by atoms with Gasteiger partial charge in [0.2, 0.25) is 0 Å². The summed E-state index contributed by atoms with van der Waals surface area (Å²) in [5.74, 6) is -2.53. The van der Waals surface area contributed by atoms with E-state index in [1.165, 1.54) is 5.57 Å². The predicted octanol–water partition coefficient (Wildman–Crippen LogP) is -1.84. The van der Waals surface area contributed by atoms with E-state index in [-0.39, 0.29) is 148 Å². The van der Waals surface area contributed by atoms with Gasteiger partial charge in [-0.1, -0.05) is 54.0 Å². The number of rotatable bonds is 5. The van der Waals surface area contributed by atoms with Crippen molar-refractivity contribution in [1.29, 1.82) is 0 Å². The molecule has 10 heteroatoms. The monoisotopic (exact) mass is 678 g/mol. The van der Waals surface area contributed by atoms with Gasteiger partial charge >= 0.3 is 65.1 Å². The number of carbonyl (C=O) groups is 4. The van der Waals surface area contributed by atoms with Crippen molar-refractivity contribution in [1.82, 2.24) is 0 Å². The van der Waals surface area contributed by atoms with Crippen LogP contribution in [-0.2, 0) is 43.4 Å². The zero-order valence-electron chi connectivity index (χ0n) is 28.7. The van der Waals surface area contributed by atoms with Crippen molar-refractivity contribution in [3.8, 4) is 0 Å². The van der Waals surface area contributed by atoms with Crippen molar-refractivity contribution in [3.63, 3.8) is 0 Å².